The van der Waals surface area contributed by atoms with Crippen LogP contribution in [0.15, 0.2) is 65.6 Å². The number of amides is 1. The minimum Gasteiger partial charge on any atom is -0.359 e. The first-order valence-electron chi connectivity index (χ1n) is 8.72. The van der Waals surface area contributed by atoms with Crippen molar-refractivity contribution in [2.45, 2.75) is 19.4 Å². The molecule has 0 aromatic carbocycles. The summed E-state index contributed by atoms with van der Waals surface area (Å²) in [4.78, 5) is 22.8. The van der Waals surface area contributed by atoms with Crippen LogP contribution in [0.3, 0.4) is 0 Å². The van der Waals surface area contributed by atoms with E-state index in [0.717, 1.165) is 17.0 Å². The molecule has 0 aliphatic heterocycles. The third kappa shape index (κ3) is 3.87. The quantitative estimate of drug-likeness (QED) is 0.528. The Balaban J connectivity index is 1.34. The van der Waals surface area contributed by atoms with Gasteiger partial charge in [-0.2, -0.15) is 0 Å². The van der Waals surface area contributed by atoms with Crippen molar-refractivity contribution in [2.24, 2.45) is 0 Å². The van der Waals surface area contributed by atoms with Crippen molar-refractivity contribution in [3.05, 3.63) is 72.5 Å². The smallest absolute Gasteiger partial charge is 0.223 e. The van der Waals surface area contributed by atoms with Gasteiger partial charge in [-0.25, -0.2) is 4.98 Å². The predicted octanol–water partition coefficient (Wildman–Crippen LogP) is 2.98. The average Bonchev–Trinajstić information content (AvgIpc) is 3.33. The zero-order valence-electron chi connectivity index (χ0n) is 14.9. The number of aromatic nitrogens is 4. The standard InChI is InChI=1S/C20H19N5O2/c1-24(14-16-12-18(23-27-16)17-6-2-4-10-21-17)20(26)9-8-15-13-25-11-5-3-7-19(25)22-15/h2-7,10-13H,8-9,14H2,1H3. The van der Waals surface area contributed by atoms with Crippen LogP contribution < -0.4 is 0 Å². The molecule has 0 N–H and O–H groups in total. The van der Waals surface area contributed by atoms with Gasteiger partial charge in [0.15, 0.2) is 5.76 Å². The predicted molar refractivity (Wildman–Crippen MR) is 99.7 cm³/mol. The number of hydrogen-bond acceptors (Lipinski definition) is 5. The van der Waals surface area contributed by atoms with Crippen molar-refractivity contribution in [3.63, 3.8) is 0 Å². The Morgan fingerprint density at radius 3 is 2.89 bits per heavy atom. The van der Waals surface area contributed by atoms with E-state index in [1.807, 2.05) is 59.3 Å². The van der Waals surface area contributed by atoms with Crippen LogP contribution in [0.5, 0.6) is 0 Å². The van der Waals surface area contributed by atoms with Gasteiger partial charge in [0.05, 0.1) is 17.9 Å². The summed E-state index contributed by atoms with van der Waals surface area (Å²) < 4.78 is 7.30. The summed E-state index contributed by atoms with van der Waals surface area (Å²) in [6.45, 7) is 0.365. The molecule has 0 aliphatic rings. The summed E-state index contributed by atoms with van der Waals surface area (Å²) in [5.41, 5.74) is 3.20. The number of rotatable bonds is 6. The molecule has 0 bridgehead atoms. The van der Waals surface area contributed by atoms with Crippen LogP contribution in [0.4, 0.5) is 0 Å². The molecule has 27 heavy (non-hydrogen) atoms. The second-order valence-corrected chi connectivity index (χ2v) is 6.34. The summed E-state index contributed by atoms with van der Waals surface area (Å²) >= 11 is 0. The third-order valence-corrected chi connectivity index (χ3v) is 4.31. The Morgan fingerprint density at radius 1 is 1.19 bits per heavy atom. The van der Waals surface area contributed by atoms with Crippen molar-refractivity contribution in [1.82, 2.24) is 24.4 Å². The molecule has 0 aliphatic carbocycles. The van der Waals surface area contributed by atoms with Crippen LogP contribution in [0.2, 0.25) is 0 Å². The molecule has 4 aromatic heterocycles. The minimum absolute atomic E-state index is 0.0304. The van der Waals surface area contributed by atoms with E-state index in [1.165, 1.54) is 0 Å². The molecule has 4 rings (SSSR count). The van der Waals surface area contributed by atoms with Gasteiger partial charge in [0.1, 0.15) is 11.3 Å². The lowest BCUT2D eigenvalue weighted by Crippen LogP contribution is -2.26. The Kier molecular flexibility index (Phi) is 4.65. The first kappa shape index (κ1) is 17.0. The van der Waals surface area contributed by atoms with Crippen molar-refractivity contribution in [1.29, 1.82) is 0 Å². The Labute approximate surface area is 156 Å². The van der Waals surface area contributed by atoms with Crippen molar-refractivity contribution in [2.75, 3.05) is 7.05 Å². The van der Waals surface area contributed by atoms with Crippen LogP contribution in [0, 0.1) is 0 Å². The van der Waals surface area contributed by atoms with E-state index in [-0.39, 0.29) is 5.91 Å². The lowest BCUT2D eigenvalue weighted by molar-refractivity contribution is -0.130. The lowest BCUT2D eigenvalue weighted by atomic mass is 10.2. The van der Waals surface area contributed by atoms with E-state index in [2.05, 4.69) is 15.1 Å². The van der Waals surface area contributed by atoms with E-state index in [1.54, 1.807) is 18.1 Å². The fourth-order valence-electron chi connectivity index (χ4n) is 2.88. The van der Waals surface area contributed by atoms with Crippen LogP contribution in [0.25, 0.3) is 17.0 Å². The Bertz CT molecular complexity index is 1020. The van der Waals surface area contributed by atoms with Crippen molar-refractivity contribution in [3.8, 4) is 11.4 Å². The first-order chi connectivity index (χ1) is 13.2. The van der Waals surface area contributed by atoms with Crippen LogP contribution in [-0.2, 0) is 17.8 Å². The van der Waals surface area contributed by atoms with Gasteiger partial charge >= 0.3 is 0 Å². The fraction of sp³-hybridized carbons (Fsp3) is 0.200. The number of fused-ring (bicyclic) bond motifs is 1. The van der Waals surface area contributed by atoms with Crippen molar-refractivity contribution >= 4 is 11.6 Å². The van der Waals surface area contributed by atoms with Gasteiger partial charge in [0.25, 0.3) is 0 Å². The van der Waals surface area contributed by atoms with E-state index in [4.69, 9.17) is 4.52 Å². The average molecular weight is 361 g/mol. The van der Waals surface area contributed by atoms with Crippen LogP contribution in [-0.4, -0.2) is 37.4 Å². The molecule has 4 heterocycles. The Hall–Kier alpha value is -3.48. The topological polar surface area (TPSA) is 76.5 Å². The number of carbonyl (C=O) groups is 1. The number of carbonyl (C=O) groups excluding carboxylic acids is 1. The highest BCUT2D eigenvalue weighted by Gasteiger charge is 2.14. The van der Waals surface area contributed by atoms with Gasteiger partial charge in [-0.3, -0.25) is 9.78 Å². The summed E-state index contributed by atoms with van der Waals surface area (Å²) in [6.07, 6.45) is 6.60. The summed E-state index contributed by atoms with van der Waals surface area (Å²) in [5, 5.41) is 4.03. The molecule has 0 radical (unpaired) electrons. The van der Waals surface area contributed by atoms with Crippen LogP contribution >= 0.6 is 0 Å². The molecular formula is C20H19N5O2. The molecule has 0 saturated heterocycles. The number of pyridine rings is 2. The van der Waals surface area contributed by atoms with Gasteiger partial charge in [-0.15, -0.1) is 0 Å². The van der Waals surface area contributed by atoms with Crippen LogP contribution in [0.1, 0.15) is 17.9 Å². The maximum absolute atomic E-state index is 12.4. The second-order valence-electron chi connectivity index (χ2n) is 6.34. The normalized spacial score (nSPS) is 11.0. The highest BCUT2D eigenvalue weighted by atomic mass is 16.5. The Morgan fingerprint density at radius 2 is 2.07 bits per heavy atom. The summed E-state index contributed by atoms with van der Waals surface area (Å²) in [7, 11) is 1.76. The zero-order chi connectivity index (χ0) is 18.6. The molecule has 0 fully saturated rings. The number of aryl methyl sites for hydroxylation is 1. The van der Waals surface area contributed by atoms with Gasteiger partial charge < -0.3 is 13.8 Å². The van der Waals surface area contributed by atoms with E-state index in [0.29, 0.717) is 30.8 Å². The van der Waals surface area contributed by atoms with Gasteiger partial charge in [0.2, 0.25) is 5.91 Å². The number of hydrogen-bond donors (Lipinski definition) is 0. The monoisotopic (exact) mass is 361 g/mol. The molecule has 7 heteroatoms. The first-order valence-corrected chi connectivity index (χ1v) is 8.72. The molecule has 0 atom stereocenters. The number of nitrogens with zero attached hydrogens (tertiary/aromatic N) is 5. The van der Waals surface area contributed by atoms with Gasteiger partial charge in [-0.1, -0.05) is 17.3 Å². The molecular weight excluding hydrogens is 342 g/mol. The third-order valence-electron chi connectivity index (χ3n) is 4.31. The SMILES string of the molecule is CN(Cc1cc(-c2ccccn2)no1)C(=O)CCc1cn2ccccc2n1. The molecule has 4 aromatic rings. The maximum atomic E-state index is 12.4. The largest absolute Gasteiger partial charge is 0.359 e. The van der Waals surface area contributed by atoms with Crippen molar-refractivity contribution < 1.29 is 9.32 Å². The van der Waals surface area contributed by atoms with E-state index >= 15 is 0 Å². The minimum atomic E-state index is 0.0304. The van der Waals surface area contributed by atoms with Gasteiger partial charge in [-0.05, 0) is 30.7 Å². The summed E-state index contributed by atoms with van der Waals surface area (Å²) in [5.74, 6) is 0.655. The maximum Gasteiger partial charge on any atom is 0.223 e. The zero-order valence-corrected chi connectivity index (χ0v) is 14.9. The lowest BCUT2D eigenvalue weighted by Gasteiger charge is -2.14. The molecule has 0 spiro atoms. The highest BCUT2D eigenvalue weighted by molar-refractivity contribution is 5.76. The van der Waals surface area contributed by atoms with E-state index < -0.39 is 0 Å². The second kappa shape index (κ2) is 7.41. The fourth-order valence-corrected chi connectivity index (χ4v) is 2.88. The molecule has 7 nitrogen and oxygen atoms in total. The molecule has 0 saturated carbocycles. The summed E-state index contributed by atoms with van der Waals surface area (Å²) in [6, 6.07) is 13.3. The highest BCUT2D eigenvalue weighted by Crippen LogP contribution is 2.17. The molecule has 136 valence electrons. The molecule has 1 amide bonds. The molecule has 0 unspecified atom stereocenters. The van der Waals surface area contributed by atoms with Gasteiger partial charge in [0, 0.05) is 38.1 Å². The number of imidazole rings is 1. The van der Waals surface area contributed by atoms with E-state index in [9.17, 15) is 4.79 Å².